The van der Waals surface area contributed by atoms with E-state index in [9.17, 15) is 9.59 Å². The zero-order chi connectivity index (χ0) is 16.3. The normalized spacial score (nSPS) is 20.0. The van der Waals surface area contributed by atoms with Gasteiger partial charge in [0.1, 0.15) is 12.3 Å². The predicted molar refractivity (Wildman–Crippen MR) is 80.2 cm³/mol. The number of carbonyl (C=O) groups is 2. The van der Waals surface area contributed by atoms with E-state index in [1.165, 1.54) is 11.8 Å². The number of hydrogen-bond acceptors (Lipinski definition) is 5. The Balaban J connectivity index is 1.54. The smallest absolute Gasteiger partial charge is 0.242 e. The van der Waals surface area contributed by atoms with E-state index in [0.717, 1.165) is 0 Å². The molecule has 1 spiro atoms. The van der Waals surface area contributed by atoms with Crippen LogP contribution in [0.2, 0.25) is 0 Å². The molecule has 0 bridgehead atoms. The molecular formula is C16H22N2O5. The molecule has 2 aliphatic heterocycles. The molecule has 7 heteroatoms. The van der Waals surface area contributed by atoms with Crippen molar-refractivity contribution in [3.8, 4) is 0 Å². The summed E-state index contributed by atoms with van der Waals surface area (Å²) in [5.74, 6) is -0.0331. The fourth-order valence-electron chi connectivity index (χ4n) is 3.01. The summed E-state index contributed by atoms with van der Waals surface area (Å²) >= 11 is 0. The molecule has 2 fully saturated rings. The number of likely N-dealkylation sites (tertiary alicyclic amines) is 1. The molecule has 7 nitrogen and oxygen atoms in total. The summed E-state index contributed by atoms with van der Waals surface area (Å²) in [7, 11) is 0. The van der Waals surface area contributed by atoms with Crippen LogP contribution < -0.4 is 0 Å². The molecule has 0 radical (unpaired) electrons. The van der Waals surface area contributed by atoms with Gasteiger partial charge in [-0.1, -0.05) is 0 Å². The quantitative estimate of drug-likeness (QED) is 0.827. The lowest BCUT2D eigenvalue weighted by atomic mass is 10.0. The first-order valence-electron chi connectivity index (χ1n) is 7.92. The number of amides is 2. The lowest BCUT2D eigenvalue weighted by Gasteiger charge is -2.38. The second kappa shape index (κ2) is 6.72. The number of furan rings is 1. The summed E-state index contributed by atoms with van der Waals surface area (Å²) in [5.41, 5.74) is 0. The average Bonchev–Trinajstić information content (AvgIpc) is 3.19. The van der Waals surface area contributed by atoms with Crippen LogP contribution in [0.4, 0.5) is 0 Å². The van der Waals surface area contributed by atoms with Crippen LogP contribution in [0, 0.1) is 0 Å². The minimum absolute atomic E-state index is 0.0559. The molecule has 3 heterocycles. The van der Waals surface area contributed by atoms with Gasteiger partial charge in [-0.25, -0.2) is 0 Å². The minimum Gasteiger partial charge on any atom is -0.467 e. The van der Waals surface area contributed by atoms with Crippen LogP contribution in [0.15, 0.2) is 22.8 Å². The van der Waals surface area contributed by atoms with Gasteiger partial charge in [-0.05, 0) is 12.1 Å². The maximum Gasteiger partial charge on any atom is 0.242 e. The maximum atomic E-state index is 12.5. The van der Waals surface area contributed by atoms with E-state index in [4.69, 9.17) is 13.9 Å². The van der Waals surface area contributed by atoms with Gasteiger partial charge in [-0.15, -0.1) is 0 Å². The zero-order valence-corrected chi connectivity index (χ0v) is 13.3. The van der Waals surface area contributed by atoms with Gasteiger partial charge >= 0.3 is 0 Å². The molecule has 1 aromatic heterocycles. The van der Waals surface area contributed by atoms with Crippen molar-refractivity contribution in [3.63, 3.8) is 0 Å². The highest BCUT2D eigenvalue weighted by atomic mass is 16.7. The molecule has 0 aliphatic carbocycles. The van der Waals surface area contributed by atoms with Gasteiger partial charge in [0.25, 0.3) is 0 Å². The molecule has 3 rings (SSSR count). The minimum atomic E-state index is -0.495. The van der Waals surface area contributed by atoms with E-state index in [-0.39, 0.29) is 18.4 Å². The van der Waals surface area contributed by atoms with E-state index in [1.807, 2.05) is 0 Å². The van der Waals surface area contributed by atoms with Crippen molar-refractivity contribution in [3.05, 3.63) is 24.2 Å². The maximum absolute atomic E-state index is 12.5. The fraction of sp³-hybridized carbons (Fsp3) is 0.625. The summed E-state index contributed by atoms with van der Waals surface area (Å²) in [4.78, 5) is 27.5. The Morgan fingerprint density at radius 1 is 1.26 bits per heavy atom. The van der Waals surface area contributed by atoms with Gasteiger partial charge in [0, 0.05) is 32.9 Å². The summed E-state index contributed by atoms with van der Waals surface area (Å²) in [5, 5.41) is 0. The van der Waals surface area contributed by atoms with Crippen LogP contribution in [0.5, 0.6) is 0 Å². The first-order valence-corrected chi connectivity index (χ1v) is 7.92. The van der Waals surface area contributed by atoms with Crippen molar-refractivity contribution in [1.82, 2.24) is 9.80 Å². The van der Waals surface area contributed by atoms with E-state index in [0.29, 0.717) is 51.4 Å². The van der Waals surface area contributed by atoms with Gasteiger partial charge in [0.15, 0.2) is 5.79 Å². The molecule has 2 amide bonds. The highest BCUT2D eigenvalue weighted by Gasteiger charge is 2.40. The summed E-state index contributed by atoms with van der Waals surface area (Å²) < 4.78 is 16.6. The molecule has 23 heavy (non-hydrogen) atoms. The Morgan fingerprint density at radius 3 is 2.52 bits per heavy atom. The third kappa shape index (κ3) is 3.73. The molecule has 2 aliphatic rings. The highest BCUT2D eigenvalue weighted by Crippen LogP contribution is 2.31. The Morgan fingerprint density at radius 2 is 1.96 bits per heavy atom. The van der Waals surface area contributed by atoms with Crippen molar-refractivity contribution < 1.29 is 23.5 Å². The van der Waals surface area contributed by atoms with Crippen LogP contribution >= 0.6 is 0 Å². The van der Waals surface area contributed by atoms with Crippen molar-refractivity contribution in [2.24, 2.45) is 0 Å². The van der Waals surface area contributed by atoms with Crippen molar-refractivity contribution in [1.29, 1.82) is 0 Å². The van der Waals surface area contributed by atoms with E-state index in [2.05, 4.69) is 0 Å². The van der Waals surface area contributed by atoms with Crippen molar-refractivity contribution in [2.45, 2.75) is 32.1 Å². The number of nitrogens with zero attached hydrogens (tertiary/aromatic N) is 2. The van der Waals surface area contributed by atoms with Crippen LogP contribution in [0.3, 0.4) is 0 Å². The van der Waals surface area contributed by atoms with Gasteiger partial charge < -0.3 is 23.7 Å². The first kappa shape index (κ1) is 16.0. The van der Waals surface area contributed by atoms with Gasteiger partial charge in [0.05, 0.1) is 26.0 Å². The second-order valence-electron chi connectivity index (χ2n) is 5.94. The molecule has 0 atom stereocenters. The van der Waals surface area contributed by atoms with Gasteiger partial charge in [-0.2, -0.15) is 0 Å². The predicted octanol–water partition coefficient (Wildman–Crippen LogP) is 0.994. The Kier molecular flexibility index (Phi) is 4.68. The number of ether oxygens (including phenoxy) is 2. The van der Waals surface area contributed by atoms with Crippen LogP contribution in [0.1, 0.15) is 25.5 Å². The van der Waals surface area contributed by atoms with Gasteiger partial charge in [-0.3, -0.25) is 9.59 Å². The third-order valence-electron chi connectivity index (χ3n) is 4.39. The summed E-state index contributed by atoms with van der Waals surface area (Å²) in [6.07, 6.45) is 2.91. The standard InChI is InChI=1S/C16H22N2O5/c1-13(19)18(11-14-3-2-8-21-14)12-15(20)17-6-4-16(5-7-17)22-9-10-23-16/h2-3,8H,4-7,9-12H2,1H3. The molecule has 0 aromatic carbocycles. The zero-order valence-electron chi connectivity index (χ0n) is 13.3. The van der Waals surface area contributed by atoms with E-state index in [1.54, 1.807) is 23.3 Å². The molecular weight excluding hydrogens is 300 g/mol. The topological polar surface area (TPSA) is 72.2 Å². The van der Waals surface area contributed by atoms with E-state index < -0.39 is 5.79 Å². The first-order chi connectivity index (χ1) is 11.1. The van der Waals surface area contributed by atoms with E-state index >= 15 is 0 Å². The van der Waals surface area contributed by atoms with Crippen molar-refractivity contribution >= 4 is 11.8 Å². The summed E-state index contributed by atoms with van der Waals surface area (Å²) in [6, 6.07) is 3.56. The van der Waals surface area contributed by atoms with Crippen LogP contribution in [0.25, 0.3) is 0 Å². The second-order valence-corrected chi connectivity index (χ2v) is 5.94. The lowest BCUT2D eigenvalue weighted by molar-refractivity contribution is -0.187. The Labute approximate surface area is 135 Å². The molecule has 2 saturated heterocycles. The SMILES string of the molecule is CC(=O)N(CC(=O)N1CCC2(CC1)OCCO2)Cc1ccco1. The largest absolute Gasteiger partial charge is 0.467 e. The highest BCUT2D eigenvalue weighted by molar-refractivity contribution is 5.83. The average molecular weight is 322 g/mol. The van der Waals surface area contributed by atoms with Crippen LogP contribution in [-0.4, -0.2) is 60.2 Å². The summed E-state index contributed by atoms with van der Waals surface area (Å²) in [6.45, 7) is 4.24. The Hall–Kier alpha value is -1.86. The molecule has 0 saturated carbocycles. The monoisotopic (exact) mass is 322 g/mol. The number of piperidine rings is 1. The third-order valence-corrected chi connectivity index (χ3v) is 4.39. The number of carbonyl (C=O) groups excluding carboxylic acids is 2. The molecule has 1 aromatic rings. The molecule has 126 valence electrons. The fourth-order valence-corrected chi connectivity index (χ4v) is 3.01. The van der Waals surface area contributed by atoms with Gasteiger partial charge in [0.2, 0.25) is 11.8 Å². The number of rotatable bonds is 4. The number of hydrogen-bond donors (Lipinski definition) is 0. The van der Waals surface area contributed by atoms with Crippen LogP contribution in [-0.2, 0) is 25.6 Å². The van der Waals surface area contributed by atoms with Crippen molar-refractivity contribution in [2.75, 3.05) is 32.8 Å². The Bertz CT molecular complexity index is 541. The molecule has 0 N–H and O–H groups in total. The lowest BCUT2D eigenvalue weighted by Crippen LogP contribution is -2.50. The molecule has 0 unspecified atom stereocenters.